The van der Waals surface area contributed by atoms with Crippen LogP contribution in [-0.4, -0.2) is 57.3 Å². The summed E-state index contributed by atoms with van der Waals surface area (Å²) in [6.07, 6.45) is 49.1. The summed E-state index contributed by atoms with van der Waals surface area (Å²) in [5.74, 6) is -0.615. The van der Waals surface area contributed by atoms with E-state index in [0.717, 1.165) is 38.5 Å². The summed E-state index contributed by atoms with van der Waals surface area (Å²) in [6.45, 7) is 4.01. The first-order valence-electron chi connectivity index (χ1n) is 22.9. The maximum atomic E-state index is 12.5. The predicted octanol–water partition coefficient (Wildman–Crippen LogP) is 12.1. The van der Waals surface area contributed by atoms with Crippen LogP contribution in [0.4, 0.5) is 0 Å². The Balaban J connectivity index is 3.76. The molecule has 1 amide bonds. The van der Waals surface area contributed by atoms with Gasteiger partial charge in [0, 0.05) is 0 Å². The van der Waals surface area contributed by atoms with Crippen molar-refractivity contribution in [2.24, 2.45) is 0 Å². The Morgan fingerprint density at radius 2 is 0.792 bits per heavy atom. The van der Waals surface area contributed by atoms with Crippen LogP contribution in [0.2, 0.25) is 0 Å². The first kappa shape index (κ1) is 51.5. The molecular formula is C47H89NO5. The van der Waals surface area contributed by atoms with Gasteiger partial charge in [-0.2, -0.15) is 0 Å². The Labute approximate surface area is 328 Å². The molecule has 6 heteroatoms. The smallest absolute Gasteiger partial charge is 0.249 e. The lowest BCUT2D eigenvalue weighted by atomic mass is 10.00. The monoisotopic (exact) mass is 748 g/mol. The maximum absolute atomic E-state index is 12.5. The Hall–Kier alpha value is -1.47. The summed E-state index contributed by atoms with van der Waals surface area (Å²) in [6, 6.07) is -1.02. The van der Waals surface area contributed by atoms with Crippen LogP contribution in [0.25, 0.3) is 0 Å². The van der Waals surface area contributed by atoms with E-state index in [2.05, 4.69) is 55.6 Å². The number of unbranched alkanes of at least 4 members (excludes halogenated alkanes) is 26. The molecule has 0 aliphatic heterocycles. The molecule has 0 saturated carbocycles. The van der Waals surface area contributed by atoms with E-state index >= 15 is 0 Å². The Morgan fingerprint density at radius 3 is 1.19 bits per heavy atom. The molecule has 0 heterocycles. The molecule has 0 radical (unpaired) electrons. The van der Waals surface area contributed by atoms with E-state index in [9.17, 15) is 25.2 Å². The molecule has 4 atom stereocenters. The molecule has 0 aromatic heterocycles. The van der Waals surface area contributed by atoms with Gasteiger partial charge in [0.1, 0.15) is 12.2 Å². The van der Waals surface area contributed by atoms with Crippen molar-refractivity contribution in [2.45, 2.75) is 250 Å². The molecule has 0 bridgehead atoms. The quantitative estimate of drug-likeness (QED) is 0.0316. The van der Waals surface area contributed by atoms with Gasteiger partial charge in [0.05, 0.1) is 18.8 Å². The van der Waals surface area contributed by atoms with Crippen LogP contribution >= 0.6 is 0 Å². The zero-order valence-electron chi connectivity index (χ0n) is 35.0. The summed E-state index contributed by atoms with van der Waals surface area (Å²) in [5.41, 5.74) is 0. The highest BCUT2D eigenvalue weighted by Crippen LogP contribution is 2.15. The zero-order chi connectivity index (χ0) is 38.9. The standard InChI is InChI=1S/C47H89NO5/c1-3-5-7-9-11-13-15-17-18-19-20-21-22-23-24-25-26-27-28-29-31-32-34-36-38-40-44(50)46(52)43(42-49)48-47(53)45(51)41-39-37-35-33-30-16-14-12-10-8-6-4-2/h27-28,30,32-34,43-46,49-52H,3-26,29,31,35-42H2,1-2H3,(H,48,53)/b28-27+,33-30-,34-32+. The number of amides is 1. The molecule has 0 aliphatic carbocycles. The van der Waals surface area contributed by atoms with Crippen molar-refractivity contribution < 1.29 is 25.2 Å². The molecule has 53 heavy (non-hydrogen) atoms. The Kier molecular flexibility index (Phi) is 40.5. The van der Waals surface area contributed by atoms with Gasteiger partial charge in [-0.25, -0.2) is 0 Å². The fourth-order valence-electron chi connectivity index (χ4n) is 6.89. The van der Waals surface area contributed by atoms with E-state index in [-0.39, 0.29) is 0 Å². The summed E-state index contributed by atoms with van der Waals surface area (Å²) < 4.78 is 0. The van der Waals surface area contributed by atoms with Gasteiger partial charge in [-0.3, -0.25) is 4.79 Å². The summed E-state index contributed by atoms with van der Waals surface area (Å²) in [5, 5.41) is 43.6. The van der Waals surface area contributed by atoms with Crippen molar-refractivity contribution >= 4 is 5.91 Å². The van der Waals surface area contributed by atoms with Gasteiger partial charge in [-0.05, 0) is 77.0 Å². The fraction of sp³-hybridized carbons (Fsp3) is 0.851. The molecule has 0 rings (SSSR count). The summed E-state index contributed by atoms with van der Waals surface area (Å²) in [7, 11) is 0. The largest absolute Gasteiger partial charge is 0.394 e. The Morgan fingerprint density at radius 1 is 0.453 bits per heavy atom. The van der Waals surface area contributed by atoms with E-state index in [1.54, 1.807) is 0 Å². The van der Waals surface area contributed by atoms with Crippen LogP contribution in [-0.2, 0) is 4.79 Å². The van der Waals surface area contributed by atoms with Crippen molar-refractivity contribution in [3.8, 4) is 0 Å². The van der Waals surface area contributed by atoms with Gasteiger partial charge < -0.3 is 25.7 Å². The molecule has 0 spiro atoms. The van der Waals surface area contributed by atoms with Crippen molar-refractivity contribution in [1.82, 2.24) is 5.32 Å². The first-order chi connectivity index (χ1) is 26.0. The average Bonchev–Trinajstić information content (AvgIpc) is 3.16. The third kappa shape index (κ3) is 36.0. The lowest BCUT2D eigenvalue weighted by Gasteiger charge is -2.27. The number of aliphatic hydroxyl groups excluding tert-OH is 4. The molecular weight excluding hydrogens is 659 g/mol. The minimum atomic E-state index is -1.29. The van der Waals surface area contributed by atoms with E-state index in [0.29, 0.717) is 25.7 Å². The number of rotatable bonds is 41. The normalized spacial score (nSPS) is 14.5. The van der Waals surface area contributed by atoms with E-state index in [4.69, 9.17) is 0 Å². The second-order valence-electron chi connectivity index (χ2n) is 15.7. The molecule has 5 N–H and O–H groups in total. The highest BCUT2D eigenvalue weighted by molar-refractivity contribution is 5.80. The molecule has 0 saturated heterocycles. The molecule has 312 valence electrons. The summed E-state index contributed by atoms with van der Waals surface area (Å²) >= 11 is 0. The predicted molar refractivity (Wildman–Crippen MR) is 228 cm³/mol. The van der Waals surface area contributed by atoms with Gasteiger partial charge in [-0.15, -0.1) is 0 Å². The SMILES string of the molecule is CCCCCCCC/C=C\CCCCC(O)C(=O)NC(CO)C(O)C(O)CCC/C=C/CC/C=C/CCCCCCCCCCCCCCCCCC. The van der Waals surface area contributed by atoms with Crippen LogP contribution in [0.3, 0.4) is 0 Å². The Bertz CT molecular complexity index is 843. The second kappa shape index (κ2) is 41.7. The molecule has 0 fully saturated rings. The van der Waals surface area contributed by atoms with Gasteiger partial charge in [0.2, 0.25) is 5.91 Å². The van der Waals surface area contributed by atoms with Crippen LogP contribution in [0.15, 0.2) is 36.5 Å². The minimum Gasteiger partial charge on any atom is -0.394 e. The van der Waals surface area contributed by atoms with Gasteiger partial charge in [0.25, 0.3) is 0 Å². The maximum Gasteiger partial charge on any atom is 0.249 e. The lowest BCUT2D eigenvalue weighted by molar-refractivity contribution is -0.132. The van der Waals surface area contributed by atoms with E-state index in [1.165, 1.54) is 148 Å². The molecule has 0 aliphatic rings. The number of hydrogen-bond acceptors (Lipinski definition) is 5. The minimum absolute atomic E-state index is 0.329. The van der Waals surface area contributed by atoms with E-state index < -0.39 is 36.9 Å². The van der Waals surface area contributed by atoms with Crippen LogP contribution in [0, 0.1) is 0 Å². The van der Waals surface area contributed by atoms with Crippen molar-refractivity contribution in [2.75, 3.05) is 6.61 Å². The number of carbonyl (C=O) groups excluding carboxylic acids is 1. The number of allylic oxidation sites excluding steroid dienone is 6. The van der Waals surface area contributed by atoms with Crippen LogP contribution < -0.4 is 5.32 Å². The lowest BCUT2D eigenvalue weighted by Crippen LogP contribution is -2.53. The average molecular weight is 748 g/mol. The van der Waals surface area contributed by atoms with Crippen molar-refractivity contribution in [1.29, 1.82) is 0 Å². The number of carbonyl (C=O) groups is 1. The zero-order valence-corrected chi connectivity index (χ0v) is 35.0. The van der Waals surface area contributed by atoms with Crippen LogP contribution in [0.5, 0.6) is 0 Å². The van der Waals surface area contributed by atoms with Gasteiger partial charge in [-0.1, -0.05) is 185 Å². The molecule has 0 aromatic carbocycles. The third-order valence-electron chi connectivity index (χ3n) is 10.6. The number of hydrogen-bond donors (Lipinski definition) is 5. The number of nitrogens with one attached hydrogen (secondary N) is 1. The highest BCUT2D eigenvalue weighted by Gasteiger charge is 2.28. The number of aliphatic hydroxyl groups is 4. The topological polar surface area (TPSA) is 110 Å². The molecule has 0 aromatic rings. The van der Waals surface area contributed by atoms with Crippen molar-refractivity contribution in [3.63, 3.8) is 0 Å². The first-order valence-corrected chi connectivity index (χ1v) is 22.9. The molecule has 6 nitrogen and oxygen atoms in total. The van der Waals surface area contributed by atoms with Gasteiger partial charge in [0.15, 0.2) is 0 Å². The van der Waals surface area contributed by atoms with Gasteiger partial charge >= 0.3 is 0 Å². The highest BCUT2D eigenvalue weighted by atomic mass is 16.3. The summed E-state index contributed by atoms with van der Waals surface area (Å²) in [4.78, 5) is 12.5. The molecule has 4 unspecified atom stereocenters. The fourth-order valence-corrected chi connectivity index (χ4v) is 6.89. The van der Waals surface area contributed by atoms with Crippen LogP contribution in [0.1, 0.15) is 226 Å². The van der Waals surface area contributed by atoms with E-state index in [1.807, 2.05) is 0 Å². The third-order valence-corrected chi connectivity index (χ3v) is 10.6. The van der Waals surface area contributed by atoms with Crippen molar-refractivity contribution in [3.05, 3.63) is 36.5 Å². The second-order valence-corrected chi connectivity index (χ2v) is 15.7.